The van der Waals surface area contributed by atoms with Gasteiger partial charge in [0.05, 0.1) is 18.3 Å². The third-order valence-electron chi connectivity index (χ3n) is 4.67. The molecule has 0 radical (unpaired) electrons. The second-order valence-electron chi connectivity index (χ2n) is 6.07. The summed E-state index contributed by atoms with van der Waals surface area (Å²) in [5.41, 5.74) is 0.888. The van der Waals surface area contributed by atoms with Crippen LogP contribution < -0.4 is 10.6 Å². The van der Waals surface area contributed by atoms with Crippen LogP contribution in [0.4, 0.5) is 0 Å². The Morgan fingerprint density at radius 3 is 2.90 bits per heavy atom. The molecule has 1 aromatic heterocycles. The van der Waals surface area contributed by atoms with Crippen molar-refractivity contribution >= 4 is 5.91 Å². The van der Waals surface area contributed by atoms with E-state index >= 15 is 0 Å². The normalized spacial score (nSPS) is 29.2. The van der Waals surface area contributed by atoms with Gasteiger partial charge in [-0.15, -0.1) is 0 Å². The van der Waals surface area contributed by atoms with E-state index in [0.29, 0.717) is 24.4 Å². The lowest BCUT2D eigenvalue weighted by atomic mass is 9.85. The third kappa shape index (κ3) is 2.73. The Morgan fingerprint density at radius 2 is 2.20 bits per heavy atom. The maximum Gasteiger partial charge on any atom is 0.237 e. The number of aryl methyl sites for hydroxylation is 2. The summed E-state index contributed by atoms with van der Waals surface area (Å²) in [5.74, 6) is 2.17. The van der Waals surface area contributed by atoms with Crippen LogP contribution in [0.15, 0.2) is 4.42 Å². The molecule has 2 aliphatic rings. The number of hydrogen-bond acceptors (Lipinski definition) is 4. The molecule has 20 heavy (non-hydrogen) atoms. The molecule has 1 aliphatic heterocycles. The summed E-state index contributed by atoms with van der Waals surface area (Å²) in [6.07, 6.45) is 6.05. The molecule has 110 valence electrons. The fourth-order valence-electron chi connectivity index (χ4n) is 3.42. The maximum atomic E-state index is 12.2. The van der Waals surface area contributed by atoms with Gasteiger partial charge in [0, 0.05) is 6.04 Å². The van der Waals surface area contributed by atoms with E-state index in [1.807, 2.05) is 13.8 Å². The van der Waals surface area contributed by atoms with Gasteiger partial charge in [0.2, 0.25) is 11.8 Å². The first kappa shape index (κ1) is 13.6. The number of fused-ring (bicyclic) bond motifs is 1. The monoisotopic (exact) mass is 277 g/mol. The zero-order valence-corrected chi connectivity index (χ0v) is 12.2. The molecule has 5 heteroatoms. The summed E-state index contributed by atoms with van der Waals surface area (Å²) >= 11 is 0. The van der Waals surface area contributed by atoms with Crippen LogP contribution in [-0.2, 0) is 11.3 Å². The van der Waals surface area contributed by atoms with E-state index < -0.39 is 0 Å². The van der Waals surface area contributed by atoms with Crippen molar-refractivity contribution in [2.24, 2.45) is 5.92 Å². The summed E-state index contributed by atoms with van der Waals surface area (Å²) in [5, 5.41) is 6.42. The molecule has 1 amide bonds. The third-order valence-corrected chi connectivity index (χ3v) is 4.67. The van der Waals surface area contributed by atoms with Crippen LogP contribution in [0.25, 0.3) is 0 Å². The van der Waals surface area contributed by atoms with Gasteiger partial charge >= 0.3 is 0 Å². The van der Waals surface area contributed by atoms with E-state index in [9.17, 15) is 4.79 Å². The first-order chi connectivity index (χ1) is 9.63. The molecule has 1 aliphatic carbocycles. The highest BCUT2D eigenvalue weighted by atomic mass is 16.4. The summed E-state index contributed by atoms with van der Waals surface area (Å²) in [6, 6.07) is 0.506. The average Bonchev–Trinajstić information content (AvgIpc) is 3.00. The minimum absolute atomic E-state index is 0.0414. The number of carbonyl (C=O) groups is 1. The van der Waals surface area contributed by atoms with Gasteiger partial charge in [-0.05, 0) is 39.0 Å². The number of nitrogens with zero attached hydrogens (tertiary/aromatic N) is 1. The van der Waals surface area contributed by atoms with Gasteiger partial charge in [-0.2, -0.15) is 0 Å². The lowest BCUT2D eigenvalue weighted by Crippen LogP contribution is -2.42. The number of carbonyl (C=O) groups excluding carboxylic acids is 1. The molecular formula is C15H23N3O2. The van der Waals surface area contributed by atoms with Crippen molar-refractivity contribution in [3.63, 3.8) is 0 Å². The molecule has 3 unspecified atom stereocenters. The zero-order chi connectivity index (χ0) is 14.1. The number of nitrogens with one attached hydrogen (secondary N) is 2. The summed E-state index contributed by atoms with van der Waals surface area (Å²) in [6.45, 7) is 4.17. The van der Waals surface area contributed by atoms with Gasteiger partial charge in [0.25, 0.3) is 0 Å². The van der Waals surface area contributed by atoms with Crippen molar-refractivity contribution in [1.29, 1.82) is 0 Å². The Kier molecular flexibility index (Phi) is 3.78. The molecule has 0 spiro atoms. The Balaban J connectivity index is 1.52. The Bertz CT molecular complexity index is 464. The van der Waals surface area contributed by atoms with Gasteiger partial charge in [0.1, 0.15) is 5.76 Å². The molecule has 1 aromatic rings. The highest BCUT2D eigenvalue weighted by molar-refractivity contribution is 5.82. The largest absolute Gasteiger partial charge is 0.444 e. The highest BCUT2D eigenvalue weighted by Gasteiger charge is 2.38. The van der Waals surface area contributed by atoms with Crippen molar-refractivity contribution < 1.29 is 9.21 Å². The quantitative estimate of drug-likeness (QED) is 0.884. The van der Waals surface area contributed by atoms with Crippen LogP contribution in [0.3, 0.4) is 0 Å². The number of rotatable bonds is 3. The van der Waals surface area contributed by atoms with Crippen molar-refractivity contribution in [2.45, 2.75) is 64.6 Å². The van der Waals surface area contributed by atoms with Crippen LogP contribution >= 0.6 is 0 Å². The summed E-state index contributed by atoms with van der Waals surface area (Å²) in [7, 11) is 0. The van der Waals surface area contributed by atoms with E-state index in [2.05, 4.69) is 15.6 Å². The van der Waals surface area contributed by atoms with Gasteiger partial charge < -0.3 is 15.1 Å². The second-order valence-corrected chi connectivity index (χ2v) is 6.07. The molecule has 2 N–H and O–H groups in total. The molecule has 3 atom stereocenters. The number of amides is 1. The average molecular weight is 277 g/mol. The highest BCUT2D eigenvalue weighted by Crippen LogP contribution is 2.33. The Labute approximate surface area is 119 Å². The van der Waals surface area contributed by atoms with Crippen molar-refractivity contribution in [3.8, 4) is 0 Å². The number of oxazole rings is 1. The molecule has 2 heterocycles. The molecule has 0 aromatic carbocycles. The van der Waals surface area contributed by atoms with E-state index in [1.54, 1.807) is 0 Å². The van der Waals surface area contributed by atoms with Crippen molar-refractivity contribution in [3.05, 3.63) is 17.3 Å². The van der Waals surface area contributed by atoms with Gasteiger partial charge in [-0.1, -0.05) is 12.8 Å². The Hall–Kier alpha value is -1.36. The fourth-order valence-corrected chi connectivity index (χ4v) is 3.42. The van der Waals surface area contributed by atoms with Crippen LogP contribution in [0.1, 0.15) is 49.4 Å². The topological polar surface area (TPSA) is 67.2 Å². The van der Waals surface area contributed by atoms with Gasteiger partial charge in [-0.3, -0.25) is 4.79 Å². The van der Waals surface area contributed by atoms with Crippen LogP contribution in [0.5, 0.6) is 0 Å². The predicted octanol–water partition coefficient (Wildman–Crippen LogP) is 1.83. The van der Waals surface area contributed by atoms with E-state index in [0.717, 1.165) is 17.9 Å². The maximum absolute atomic E-state index is 12.2. The van der Waals surface area contributed by atoms with E-state index in [-0.39, 0.29) is 11.9 Å². The summed E-state index contributed by atoms with van der Waals surface area (Å²) < 4.78 is 5.48. The lowest BCUT2D eigenvalue weighted by molar-refractivity contribution is -0.123. The van der Waals surface area contributed by atoms with Crippen LogP contribution in [0.2, 0.25) is 0 Å². The van der Waals surface area contributed by atoms with E-state index in [1.165, 1.54) is 25.7 Å². The minimum atomic E-state index is -0.0414. The summed E-state index contributed by atoms with van der Waals surface area (Å²) in [4.78, 5) is 16.5. The van der Waals surface area contributed by atoms with Gasteiger partial charge in [-0.25, -0.2) is 4.98 Å². The SMILES string of the molecule is Cc1nc(CNC(=O)C2CC3CCCCC3N2)oc1C. The minimum Gasteiger partial charge on any atom is -0.444 e. The first-order valence-corrected chi connectivity index (χ1v) is 7.60. The molecule has 5 nitrogen and oxygen atoms in total. The van der Waals surface area contributed by atoms with Crippen LogP contribution in [0, 0.1) is 19.8 Å². The molecule has 2 fully saturated rings. The van der Waals surface area contributed by atoms with Gasteiger partial charge in [0.15, 0.2) is 0 Å². The second kappa shape index (κ2) is 5.56. The predicted molar refractivity (Wildman–Crippen MR) is 75.1 cm³/mol. The lowest BCUT2D eigenvalue weighted by Gasteiger charge is -2.24. The number of hydrogen-bond donors (Lipinski definition) is 2. The van der Waals surface area contributed by atoms with Crippen molar-refractivity contribution in [2.75, 3.05) is 0 Å². The zero-order valence-electron chi connectivity index (χ0n) is 12.2. The first-order valence-electron chi connectivity index (χ1n) is 7.60. The molecule has 1 saturated carbocycles. The van der Waals surface area contributed by atoms with Crippen LogP contribution in [-0.4, -0.2) is 23.0 Å². The smallest absolute Gasteiger partial charge is 0.237 e. The van der Waals surface area contributed by atoms with Crippen molar-refractivity contribution in [1.82, 2.24) is 15.6 Å². The standard InChI is InChI=1S/C15H23N3O2/c1-9-10(2)20-14(17-9)8-16-15(19)13-7-11-5-3-4-6-12(11)18-13/h11-13,18H,3-8H2,1-2H3,(H,16,19). The number of aromatic nitrogens is 1. The molecule has 0 bridgehead atoms. The molecular weight excluding hydrogens is 254 g/mol. The Morgan fingerprint density at radius 1 is 1.40 bits per heavy atom. The fraction of sp³-hybridized carbons (Fsp3) is 0.733. The molecule has 3 rings (SSSR count). The molecule has 1 saturated heterocycles. The van der Waals surface area contributed by atoms with E-state index in [4.69, 9.17) is 4.42 Å².